The van der Waals surface area contributed by atoms with Gasteiger partial charge in [-0.15, -0.1) is 0 Å². The zero-order valence-electron chi connectivity index (χ0n) is 18.7. The van der Waals surface area contributed by atoms with E-state index in [1.165, 1.54) is 5.56 Å². The lowest BCUT2D eigenvalue weighted by Gasteiger charge is -2.12. The van der Waals surface area contributed by atoms with Crippen molar-refractivity contribution in [3.63, 3.8) is 0 Å². The van der Waals surface area contributed by atoms with Gasteiger partial charge in [-0.2, -0.15) is 0 Å². The summed E-state index contributed by atoms with van der Waals surface area (Å²) in [6, 6.07) is 21.7. The van der Waals surface area contributed by atoms with Crippen molar-refractivity contribution in [1.29, 1.82) is 0 Å². The van der Waals surface area contributed by atoms with Gasteiger partial charge in [-0.1, -0.05) is 55.5 Å². The maximum absolute atomic E-state index is 12.7. The van der Waals surface area contributed by atoms with Crippen LogP contribution in [0.3, 0.4) is 0 Å². The van der Waals surface area contributed by atoms with Gasteiger partial charge < -0.3 is 20.7 Å². The van der Waals surface area contributed by atoms with E-state index in [1.54, 1.807) is 31.4 Å². The smallest absolute Gasteiger partial charge is 0.313 e. The molecule has 0 heterocycles. The molecule has 3 N–H and O–H groups in total. The number of methoxy groups -OCH3 is 1. The van der Waals surface area contributed by atoms with Crippen LogP contribution in [-0.4, -0.2) is 24.8 Å². The molecule has 3 aromatic carbocycles. The quantitative estimate of drug-likeness (QED) is 0.463. The summed E-state index contributed by atoms with van der Waals surface area (Å²) in [7, 11) is 1.59. The predicted octanol–water partition coefficient (Wildman–Crippen LogP) is 3.44. The Morgan fingerprint density at radius 3 is 1.94 bits per heavy atom. The molecule has 7 heteroatoms. The van der Waals surface area contributed by atoms with Crippen molar-refractivity contribution < 1.29 is 19.1 Å². The van der Waals surface area contributed by atoms with E-state index in [0.29, 0.717) is 6.54 Å². The average Bonchev–Trinajstić information content (AvgIpc) is 2.86. The molecular formula is C26H27N3O4. The van der Waals surface area contributed by atoms with Gasteiger partial charge in [0, 0.05) is 13.1 Å². The summed E-state index contributed by atoms with van der Waals surface area (Å²) < 4.78 is 5.13. The first-order chi connectivity index (χ1) is 16.0. The summed E-state index contributed by atoms with van der Waals surface area (Å²) in [4.78, 5) is 37.3. The van der Waals surface area contributed by atoms with E-state index in [-0.39, 0.29) is 23.7 Å². The van der Waals surface area contributed by atoms with Gasteiger partial charge in [0.1, 0.15) is 5.75 Å². The summed E-state index contributed by atoms with van der Waals surface area (Å²) >= 11 is 0. The largest absolute Gasteiger partial charge is 0.497 e. The monoisotopic (exact) mass is 445 g/mol. The Balaban J connectivity index is 1.57. The van der Waals surface area contributed by atoms with Crippen molar-refractivity contribution in [2.45, 2.75) is 26.4 Å². The number of hydrogen-bond donors (Lipinski definition) is 3. The molecule has 0 aliphatic carbocycles. The molecule has 3 aromatic rings. The van der Waals surface area contributed by atoms with Crippen molar-refractivity contribution in [1.82, 2.24) is 10.6 Å². The number of ether oxygens (including phenoxy) is 1. The number of hydrogen-bond acceptors (Lipinski definition) is 4. The number of rotatable bonds is 8. The first kappa shape index (κ1) is 23.5. The van der Waals surface area contributed by atoms with E-state index in [9.17, 15) is 14.4 Å². The standard InChI is InChI=1S/C26H27N3O4/c1-3-18-8-10-19(11-9-18)17-28-25(31)26(32)29-23-7-5-4-6-22(23)24(30)27-16-20-12-14-21(33-2)15-13-20/h4-15H,3,16-17H2,1-2H3,(H,27,30)(H,28,31)(H,29,32). The van der Waals surface area contributed by atoms with Crippen LogP contribution in [0.4, 0.5) is 5.69 Å². The Morgan fingerprint density at radius 1 is 0.727 bits per heavy atom. The van der Waals surface area contributed by atoms with Crippen molar-refractivity contribution in [3.8, 4) is 5.75 Å². The number of anilines is 1. The fourth-order valence-corrected chi connectivity index (χ4v) is 3.15. The minimum Gasteiger partial charge on any atom is -0.497 e. The third-order valence-corrected chi connectivity index (χ3v) is 5.12. The molecule has 0 bridgehead atoms. The molecule has 7 nitrogen and oxygen atoms in total. The average molecular weight is 446 g/mol. The molecule has 0 saturated heterocycles. The summed E-state index contributed by atoms with van der Waals surface area (Å²) in [5, 5.41) is 7.95. The lowest BCUT2D eigenvalue weighted by molar-refractivity contribution is -0.136. The molecule has 0 aliphatic rings. The third-order valence-electron chi connectivity index (χ3n) is 5.12. The Kier molecular flexibility index (Phi) is 8.18. The zero-order valence-corrected chi connectivity index (χ0v) is 18.7. The normalized spacial score (nSPS) is 10.2. The van der Waals surface area contributed by atoms with Crippen LogP contribution in [0, 0.1) is 0 Å². The zero-order chi connectivity index (χ0) is 23.6. The van der Waals surface area contributed by atoms with Crippen molar-refractivity contribution in [2.75, 3.05) is 12.4 Å². The highest BCUT2D eigenvalue weighted by Crippen LogP contribution is 2.16. The summed E-state index contributed by atoms with van der Waals surface area (Å²) in [5.74, 6) is -1.24. The lowest BCUT2D eigenvalue weighted by Crippen LogP contribution is -2.35. The molecule has 33 heavy (non-hydrogen) atoms. The summed E-state index contributed by atoms with van der Waals surface area (Å²) in [6.45, 7) is 2.61. The van der Waals surface area contributed by atoms with Gasteiger partial charge in [0.25, 0.3) is 5.91 Å². The third kappa shape index (κ3) is 6.67. The number of para-hydroxylation sites is 1. The van der Waals surface area contributed by atoms with Gasteiger partial charge in [0.15, 0.2) is 0 Å². The first-order valence-electron chi connectivity index (χ1n) is 10.7. The van der Waals surface area contributed by atoms with Crippen LogP contribution in [-0.2, 0) is 29.1 Å². The van der Waals surface area contributed by atoms with Crippen LogP contribution in [0.25, 0.3) is 0 Å². The van der Waals surface area contributed by atoms with E-state index < -0.39 is 11.8 Å². The van der Waals surface area contributed by atoms with Crippen LogP contribution in [0.1, 0.15) is 34.0 Å². The number of carbonyl (C=O) groups excluding carboxylic acids is 3. The number of benzene rings is 3. The van der Waals surface area contributed by atoms with Crippen molar-refractivity contribution in [2.24, 2.45) is 0 Å². The predicted molar refractivity (Wildman–Crippen MR) is 127 cm³/mol. The summed E-state index contributed by atoms with van der Waals surface area (Å²) in [6.07, 6.45) is 0.933. The van der Waals surface area contributed by atoms with Gasteiger partial charge >= 0.3 is 11.8 Å². The molecule has 0 unspecified atom stereocenters. The van der Waals surface area contributed by atoms with E-state index in [1.807, 2.05) is 48.5 Å². The molecule has 3 amide bonds. The Hall–Kier alpha value is -4.13. The van der Waals surface area contributed by atoms with Crippen LogP contribution in [0.15, 0.2) is 72.8 Å². The topological polar surface area (TPSA) is 96.5 Å². The molecule has 3 rings (SSSR count). The van der Waals surface area contributed by atoms with Crippen molar-refractivity contribution >= 4 is 23.4 Å². The van der Waals surface area contributed by atoms with Gasteiger partial charge in [0.05, 0.1) is 18.4 Å². The van der Waals surface area contributed by atoms with E-state index in [0.717, 1.165) is 23.3 Å². The fraction of sp³-hybridized carbons (Fsp3) is 0.192. The summed E-state index contributed by atoms with van der Waals surface area (Å²) in [5.41, 5.74) is 3.52. The highest BCUT2D eigenvalue weighted by Gasteiger charge is 2.17. The molecule has 0 aromatic heterocycles. The molecule has 0 saturated carbocycles. The minimum absolute atomic E-state index is 0.236. The van der Waals surface area contributed by atoms with Crippen molar-refractivity contribution in [3.05, 3.63) is 95.1 Å². The van der Waals surface area contributed by atoms with Gasteiger partial charge in [-0.3, -0.25) is 14.4 Å². The van der Waals surface area contributed by atoms with Crippen LogP contribution in [0.5, 0.6) is 5.75 Å². The fourth-order valence-electron chi connectivity index (χ4n) is 3.15. The second-order valence-electron chi connectivity index (χ2n) is 7.38. The molecule has 170 valence electrons. The molecule has 0 spiro atoms. The Bertz CT molecular complexity index is 1110. The molecule has 0 radical (unpaired) electrons. The highest BCUT2D eigenvalue weighted by atomic mass is 16.5. The SMILES string of the molecule is CCc1ccc(CNC(=O)C(=O)Nc2ccccc2C(=O)NCc2ccc(OC)cc2)cc1. The van der Waals surface area contributed by atoms with E-state index >= 15 is 0 Å². The molecule has 0 atom stereocenters. The van der Waals surface area contributed by atoms with Crippen LogP contribution >= 0.6 is 0 Å². The first-order valence-corrected chi connectivity index (χ1v) is 10.7. The van der Waals surface area contributed by atoms with Gasteiger partial charge in [-0.25, -0.2) is 0 Å². The number of amides is 3. The number of aryl methyl sites for hydroxylation is 1. The van der Waals surface area contributed by atoms with Crippen LogP contribution < -0.4 is 20.7 Å². The second kappa shape index (κ2) is 11.5. The van der Waals surface area contributed by atoms with Gasteiger partial charge in [0.2, 0.25) is 0 Å². The number of carbonyl (C=O) groups is 3. The second-order valence-corrected chi connectivity index (χ2v) is 7.38. The lowest BCUT2D eigenvalue weighted by atomic mass is 10.1. The Labute approximate surface area is 193 Å². The molecular weight excluding hydrogens is 418 g/mol. The Morgan fingerprint density at radius 2 is 1.30 bits per heavy atom. The highest BCUT2D eigenvalue weighted by molar-refractivity contribution is 6.40. The minimum atomic E-state index is -0.837. The number of nitrogens with one attached hydrogen (secondary N) is 3. The van der Waals surface area contributed by atoms with Gasteiger partial charge in [-0.05, 0) is 47.4 Å². The van der Waals surface area contributed by atoms with Crippen LogP contribution in [0.2, 0.25) is 0 Å². The molecule has 0 aliphatic heterocycles. The van der Waals surface area contributed by atoms with E-state index in [4.69, 9.17) is 4.74 Å². The maximum Gasteiger partial charge on any atom is 0.313 e. The molecule has 0 fully saturated rings. The van der Waals surface area contributed by atoms with E-state index in [2.05, 4.69) is 22.9 Å². The maximum atomic E-state index is 12.7.